The summed E-state index contributed by atoms with van der Waals surface area (Å²) in [4.78, 5) is 10.4. The fraction of sp³-hybridized carbons (Fsp3) is 0. The van der Waals surface area contributed by atoms with Gasteiger partial charge in [-0.2, -0.15) is 0 Å². The van der Waals surface area contributed by atoms with Crippen molar-refractivity contribution in [2.75, 3.05) is 0 Å². The lowest BCUT2D eigenvalue weighted by molar-refractivity contribution is -0.385. The molecule has 0 aliphatic rings. The third-order valence-electron chi connectivity index (χ3n) is 2.16. The van der Waals surface area contributed by atoms with E-state index in [2.05, 4.69) is 31.9 Å². The predicted octanol–water partition coefficient (Wildman–Crippen LogP) is 4.91. The second-order valence-electron chi connectivity index (χ2n) is 3.43. The highest BCUT2D eigenvalue weighted by atomic mass is 79.9. The van der Waals surface area contributed by atoms with Crippen LogP contribution in [0.4, 0.5) is 5.69 Å². The number of nitro groups is 1. The fourth-order valence-corrected chi connectivity index (χ4v) is 1.96. The maximum Gasteiger partial charge on any atom is 0.312 e. The summed E-state index contributed by atoms with van der Waals surface area (Å²) in [6.45, 7) is 0. The summed E-state index contributed by atoms with van der Waals surface area (Å²) < 4.78 is 7.05. The Labute approximate surface area is 120 Å². The second-order valence-corrected chi connectivity index (χ2v) is 5.26. The first-order chi connectivity index (χ1) is 8.56. The molecule has 18 heavy (non-hydrogen) atoms. The molecule has 6 heteroatoms. The first-order valence-electron chi connectivity index (χ1n) is 4.93. The number of nitrogens with zero attached hydrogens (tertiary/aromatic N) is 1. The van der Waals surface area contributed by atoms with E-state index < -0.39 is 4.92 Å². The summed E-state index contributed by atoms with van der Waals surface area (Å²) in [5.41, 5.74) is -0.0766. The molecule has 92 valence electrons. The van der Waals surface area contributed by atoms with Crippen LogP contribution < -0.4 is 4.74 Å². The van der Waals surface area contributed by atoms with Gasteiger partial charge in [-0.15, -0.1) is 0 Å². The van der Waals surface area contributed by atoms with Crippen molar-refractivity contribution in [2.45, 2.75) is 0 Å². The normalized spacial score (nSPS) is 10.1. The SMILES string of the molecule is O=[N+]([O-])c1cc(Br)ccc1Oc1ccc(Br)cc1. The lowest BCUT2D eigenvalue weighted by Gasteiger charge is -2.06. The smallest absolute Gasteiger partial charge is 0.312 e. The number of hydrogen-bond acceptors (Lipinski definition) is 3. The van der Waals surface area contributed by atoms with Crippen molar-refractivity contribution in [2.24, 2.45) is 0 Å². The van der Waals surface area contributed by atoms with Crippen LogP contribution in [0.2, 0.25) is 0 Å². The number of nitro benzene ring substituents is 1. The number of benzene rings is 2. The van der Waals surface area contributed by atoms with Crippen LogP contribution >= 0.6 is 31.9 Å². The summed E-state index contributed by atoms with van der Waals surface area (Å²) in [5, 5.41) is 10.9. The van der Waals surface area contributed by atoms with Crippen LogP contribution in [-0.4, -0.2) is 4.92 Å². The largest absolute Gasteiger partial charge is 0.450 e. The van der Waals surface area contributed by atoms with E-state index in [1.165, 1.54) is 6.07 Å². The lowest BCUT2D eigenvalue weighted by Crippen LogP contribution is -1.93. The molecule has 0 aliphatic heterocycles. The van der Waals surface area contributed by atoms with Crippen LogP contribution in [0.25, 0.3) is 0 Å². The molecule has 0 unspecified atom stereocenters. The van der Waals surface area contributed by atoms with Gasteiger partial charge < -0.3 is 4.74 Å². The van der Waals surface area contributed by atoms with E-state index in [0.29, 0.717) is 10.2 Å². The number of ether oxygens (including phenoxy) is 1. The van der Waals surface area contributed by atoms with Crippen molar-refractivity contribution >= 4 is 37.5 Å². The highest BCUT2D eigenvalue weighted by Crippen LogP contribution is 2.33. The molecule has 0 heterocycles. The molecule has 0 radical (unpaired) electrons. The maximum atomic E-state index is 10.9. The van der Waals surface area contributed by atoms with E-state index >= 15 is 0 Å². The molecule has 0 fully saturated rings. The predicted molar refractivity (Wildman–Crippen MR) is 75.0 cm³/mol. The number of hydrogen-bond donors (Lipinski definition) is 0. The van der Waals surface area contributed by atoms with Crippen LogP contribution in [0.1, 0.15) is 0 Å². The van der Waals surface area contributed by atoms with Gasteiger partial charge in [-0.25, -0.2) is 0 Å². The van der Waals surface area contributed by atoms with Crippen molar-refractivity contribution in [1.82, 2.24) is 0 Å². The van der Waals surface area contributed by atoms with Crippen molar-refractivity contribution in [3.05, 3.63) is 61.5 Å². The average molecular weight is 373 g/mol. The molecule has 0 aliphatic carbocycles. The molecule has 4 nitrogen and oxygen atoms in total. The minimum Gasteiger partial charge on any atom is -0.450 e. The van der Waals surface area contributed by atoms with E-state index in [9.17, 15) is 10.1 Å². The number of halogens is 2. The van der Waals surface area contributed by atoms with Gasteiger partial charge in [-0.05, 0) is 36.4 Å². The van der Waals surface area contributed by atoms with Gasteiger partial charge in [0.2, 0.25) is 5.75 Å². The topological polar surface area (TPSA) is 52.4 Å². The minimum atomic E-state index is -0.473. The molecule has 0 saturated heterocycles. The van der Waals surface area contributed by atoms with Crippen molar-refractivity contribution in [1.29, 1.82) is 0 Å². The zero-order chi connectivity index (χ0) is 13.1. The molecular weight excluding hydrogens is 366 g/mol. The molecule has 0 saturated carbocycles. The standard InChI is InChI=1S/C12H7Br2NO3/c13-8-1-4-10(5-2-8)18-12-6-3-9(14)7-11(12)15(16)17/h1-7H. The number of rotatable bonds is 3. The summed E-state index contributed by atoms with van der Waals surface area (Å²) in [5.74, 6) is 0.758. The van der Waals surface area contributed by atoms with Crippen molar-refractivity contribution in [3.63, 3.8) is 0 Å². The fourth-order valence-electron chi connectivity index (χ4n) is 1.35. The molecule has 0 spiro atoms. The van der Waals surface area contributed by atoms with Crippen LogP contribution in [-0.2, 0) is 0 Å². The van der Waals surface area contributed by atoms with Gasteiger partial charge >= 0.3 is 5.69 Å². The lowest BCUT2D eigenvalue weighted by atomic mass is 10.3. The molecular formula is C12H7Br2NO3. The highest BCUT2D eigenvalue weighted by Gasteiger charge is 2.16. The van der Waals surface area contributed by atoms with Gasteiger partial charge in [0.1, 0.15) is 5.75 Å². The highest BCUT2D eigenvalue weighted by molar-refractivity contribution is 9.10. The monoisotopic (exact) mass is 371 g/mol. The third-order valence-corrected chi connectivity index (χ3v) is 3.18. The summed E-state index contributed by atoms with van der Waals surface area (Å²) in [7, 11) is 0. The molecule has 0 atom stereocenters. The first-order valence-corrected chi connectivity index (χ1v) is 6.52. The molecule has 2 aromatic rings. The van der Waals surface area contributed by atoms with Crippen LogP contribution in [0, 0.1) is 10.1 Å². The average Bonchev–Trinajstić information content (AvgIpc) is 2.34. The third kappa shape index (κ3) is 3.08. The van der Waals surface area contributed by atoms with Crippen molar-refractivity contribution < 1.29 is 9.66 Å². The van der Waals surface area contributed by atoms with Crippen LogP contribution in [0.3, 0.4) is 0 Å². The summed E-state index contributed by atoms with van der Waals surface area (Å²) >= 11 is 6.50. The summed E-state index contributed by atoms with van der Waals surface area (Å²) in [6.07, 6.45) is 0. The Bertz CT molecular complexity index is 584. The van der Waals surface area contributed by atoms with Gasteiger partial charge in [0, 0.05) is 15.0 Å². The van der Waals surface area contributed by atoms with Crippen molar-refractivity contribution in [3.8, 4) is 11.5 Å². The van der Waals surface area contributed by atoms with E-state index in [0.717, 1.165) is 4.47 Å². The van der Waals surface area contributed by atoms with Gasteiger partial charge in [-0.1, -0.05) is 31.9 Å². The Kier molecular flexibility index (Phi) is 3.98. The van der Waals surface area contributed by atoms with Gasteiger partial charge in [0.25, 0.3) is 0 Å². The minimum absolute atomic E-state index is 0.0766. The molecule has 2 aromatic carbocycles. The maximum absolute atomic E-state index is 10.9. The Hall–Kier alpha value is -1.40. The van der Waals surface area contributed by atoms with E-state index in [1.54, 1.807) is 36.4 Å². The Balaban J connectivity index is 2.34. The second kappa shape index (κ2) is 5.49. The van der Waals surface area contributed by atoms with Crippen LogP contribution in [0.5, 0.6) is 11.5 Å². The molecule has 0 aromatic heterocycles. The quantitative estimate of drug-likeness (QED) is 0.568. The van der Waals surface area contributed by atoms with Crippen LogP contribution in [0.15, 0.2) is 51.4 Å². The zero-order valence-electron chi connectivity index (χ0n) is 8.97. The van der Waals surface area contributed by atoms with Gasteiger partial charge in [0.05, 0.1) is 4.92 Å². The zero-order valence-corrected chi connectivity index (χ0v) is 12.1. The molecule has 0 amide bonds. The van der Waals surface area contributed by atoms with Gasteiger partial charge in [-0.3, -0.25) is 10.1 Å². The van der Waals surface area contributed by atoms with E-state index in [1.807, 2.05) is 0 Å². The Morgan fingerprint density at radius 1 is 1.00 bits per heavy atom. The molecule has 2 rings (SSSR count). The first kappa shape index (κ1) is 13.0. The Morgan fingerprint density at radius 2 is 1.61 bits per heavy atom. The summed E-state index contributed by atoms with van der Waals surface area (Å²) in [6, 6.07) is 11.7. The van der Waals surface area contributed by atoms with E-state index in [-0.39, 0.29) is 11.4 Å². The van der Waals surface area contributed by atoms with E-state index in [4.69, 9.17) is 4.74 Å². The molecule has 0 bridgehead atoms. The Morgan fingerprint density at radius 3 is 2.22 bits per heavy atom. The van der Waals surface area contributed by atoms with Gasteiger partial charge in [0.15, 0.2) is 0 Å². The molecule has 0 N–H and O–H groups in total.